The van der Waals surface area contributed by atoms with Gasteiger partial charge in [-0.05, 0) is 72.3 Å². The van der Waals surface area contributed by atoms with E-state index >= 15 is 0 Å². The average Bonchev–Trinajstić information content (AvgIpc) is 2.78. The number of hydrogen-bond donors (Lipinski definition) is 2. The van der Waals surface area contributed by atoms with E-state index in [2.05, 4.69) is 29.1 Å². The number of likely N-dealkylation sites (N-methyl/N-ethyl adjacent to an activating group) is 2. The van der Waals surface area contributed by atoms with Gasteiger partial charge in [-0.2, -0.15) is 0 Å². The maximum absolute atomic E-state index is 9.77. The Morgan fingerprint density at radius 2 is 2.10 bits per heavy atom. The molecule has 3 atom stereocenters. The van der Waals surface area contributed by atoms with Crippen LogP contribution < -0.4 is 5.32 Å². The zero-order valence-electron chi connectivity index (χ0n) is 13.6. The molecule has 4 heteroatoms. The van der Waals surface area contributed by atoms with Crippen LogP contribution in [0.15, 0.2) is 0 Å². The second-order valence-electron chi connectivity index (χ2n) is 6.94. The molecule has 1 saturated heterocycles. The summed E-state index contributed by atoms with van der Waals surface area (Å²) in [6.45, 7) is 7.45. The SMILES string of the molecule is CNC1(CO)CCCC1CCN1CCCN(C)CC1C. The molecule has 20 heavy (non-hydrogen) atoms. The maximum Gasteiger partial charge on any atom is 0.0615 e. The van der Waals surface area contributed by atoms with Crippen molar-refractivity contribution in [1.29, 1.82) is 0 Å². The highest BCUT2D eigenvalue weighted by atomic mass is 16.3. The first kappa shape index (κ1) is 16.2. The lowest BCUT2D eigenvalue weighted by atomic mass is 9.85. The average molecular weight is 283 g/mol. The van der Waals surface area contributed by atoms with Crippen molar-refractivity contribution in [2.75, 3.05) is 46.9 Å². The molecule has 2 rings (SSSR count). The molecule has 2 fully saturated rings. The van der Waals surface area contributed by atoms with Gasteiger partial charge in [-0.15, -0.1) is 0 Å². The van der Waals surface area contributed by atoms with Gasteiger partial charge in [0.1, 0.15) is 0 Å². The van der Waals surface area contributed by atoms with Crippen molar-refractivity contribution in [2.24, 2.45) is 5.92 Å². The monoisotopic (exact) mass is 283 g/mol. The van der Waals surface area contributed by atoms with E-state index in [9.17, 15) is 5.11 Å². The van der Waals surface area contributed by atoms with Crippen molar-refractivity contribution >= 4 is 0 Å². The third kappa shape index (κ3) is 3.53. The van der Waals surface area contributed by atoms with Gasteiger partial charge in [0.2, 0.25) is 0 Å². The fraction of sp³-hybridized carbons (Fsp3) is 1.00. The van der Waals surface area contributed by atoms with Gasteiger partial charge in [-0.3, -0.25) is 4.90 Å². The molecule has 118 valence electrons. The number of nitrogens with one attached hydrogen (secondary N) is 1. The molecule has 0 aromatic heterocycles. The summed E-state index contributed by atoms with van der Waals surface area (Å²) in [6, 6.07) is 0.655. The maximum atomic E-state index is 9.77. The van der Waals surface area contributed by atoms with Gasteiger partial charge >= 0.3 is 0 Å². The number of nitrogens with zero attached hydrogens (tertiary/aromatic N) is 2. The molecule has 1 heterocycles. The smallest absolute Gasteiger partial charge is 0.0615 e. The molecule has 2 aliphatic rings. The molecule has 2 N–H and O–H groups in total. The minimum Gasteiger partial charge on any atom is -0.394 e. The Hall–Kier alpha value is -0.160. The minimum atomic E-state index is -0.00806. The van der Waals surface area contributed by atoms with Crippen LogP contribution in [0, 0.1) is 5.92 Å². The largest absolute Gasteiger partial charge is 0.394 e. The van der Waals surface area contributed by atoms with E-state index < -0.39 is 0 Å². The van der Waals surface area contributed by atoms with Crippen LogP contribution in [-0.4, -0.2) is 73.4 Å². The van der Waals surface area contributed by atoms with Crippen molar-refractivity contribution in [3.63, 3.8) is 0 Å². The molecular formula is C16H33N3O. The fourth-order valence-electron chi connectivity index (χ4n) is 4.26. The molecule has 4 nitrogen and oxygen atoms in total. The van der Waals surface area contributed by atoms with Crippen LogP contribution in [-0.2, 0) is 0 Å². The molecule has 0 amide bonds. The first-order valence-corrected chi connectivity index (χ1v) is 8.33. The lowest BCUT2D eigenvalue weighted by molar-refractivity contribution is 0.112. The molecular weight excluding hydrogens is 250 g/mol. The van der Waals surface area contributed by atoms with Gasteiger partial charge in [0.15, 0.2) is 0 Å². The second kappa shape index (κ2) is 7.21. The van der Waals surface area contributed by atoms with Crippen LogP contribution >= 0.6 is 0 Å². The molecule has 0 bridgehead atoms. The summed E-state index contributed by atoms with van der Waals surface area (Å²) < 4.78 is 0. The first-order chi connectivity index (χ1) is 9.61. The van der Waals surface area contributed by atoms with Crippen molar-refractivity contribution < 1.29 is 5.11 Å². The summed E-state index contributed by atoms with van der Waals surface area (Å²) in [5, 5.41) is 13.2. The molecule has 0 radical (unpaired) electrons. The van der Waals surface area contributed by atoms with Crippen LogP contribution in [0.1, 0.15) is 39.0 Å². The summed E-state index contributed by atoms with van der Waals surface area (Å²) in [4.78, 5) is 5.10. The number of rotatable bonds is 5. The van der Waals surface area contributed by atoms with Crippen molar-refractivity contribution in [2.45, 2.75) is 50.6 Å². The quantitative estimate of drug-likeness (QED) is 0.794. The lowest BCUT2D eigenvalue weighted by Gasteiger charge is -2.36. The van der Waals surface area contributed by atoms with Crippen LogP contribution in [0.3, 0.4) is 0 Å². The van der Waals surface area contributed by atoms with E-state index in [1.807, 2.05) is 7.05 Å². The topological polar surface area (TPSA) is 38.7 Å². The van der Waals surface area contributed by atoms with E-state index in [1.54, 1.807) is 0 Å². The molecule has 3 unspecified atom stereocenters. The Balaban J connectivity index is 1.87. The number of hydrogen-bond acceptors (Lipinski definition) is 4. The van der Waals surface area contributed by atoms with E-state index in [4.69, 9.17) is 0 Å². The van der Waals surface area contributed by atoms with Crippen LogP contribution in [0.5, 0.6) is 0 Å². The standard InChI is InChI=1S/C16H33N3O/c1-14-12-18(3)9-5-10-19(14)11-7-15-6-4-8-16(15,13-20)17-2/h14-15,17,20H,4-13H2,1-3H3. The van der Waals surface area contributed by atoms with Crippen LogP contribution in [0.25, 0.3) is 0 Å². The normalized spacial score (nSPS) is 37.2. The Labute approximate surface area is 124 Å². The lowest BCUT2D eigenvalue weighted by Crippen LogP contribution is -2.50. The van der Waals surface area contributed by atoms with E-state index in [-0.39, 0.29) is 12.1 Å². The van der Waals surface area contributed by atoms with Gasteiger partial charge in [-0.1, -0.05) is 6.42 Å². The third-order valence-corrected chi connectivity index (χ3v) is 5.69. The fourth-order valence-corrected chi connectivity index (χ4v) is 4.26. The Morgan fingerprint density at radius 3 is 2.80 bits per heavy atom. The number of aliphatic hydroxyl groups excluding tert-OH is 1. The summed E-state index contributed by atoms with van der Waals surface area (Å²) in [6.07, 6.45) is 6.15. The van der Waals surface area contributed by atoms with Gasteiger partial charge in [0.05, 0.1) is 6.61 Å². The highest BCUT2D eigenvalue weighted by Gasteiger charge is 2.40. The highest BCUT2D eigenvalue weighted by molar-refractivity contribution is 4.98. The molecule has 1 aliphatic heterocycles. The zero-order chi connectivity index (χ0) is 14.6. The predicted octanol–water partition coefficient (Wildman–Crippen LogP) is 1.15. The van der Waals surface area contributed by atoms with Crippen molar-refractivity contribution in [1.82, 2.24) is 15.1 Å². The van der Waals surface area contributed by atoms with E-state index in [0.29, 0.717) is 12.0 Å². The van der Waals surface area contributed by atoms with Gasteiger partial charge in [0, 0.05) is 18.1 Å². The molecule has 1 saturated carbocycles. The van der Waals surface area contributed by atoms with Crippen LogP contribution in [0.4, 0.5) is 0 Å². The minimum absolute atomic E-state index is 0.00806. The molecule has 0 spiro atoms. The van der Waals surface area contributed by atoms with Gasteiger partial charge < -0.3 is 15.3 Å². The highest BCUT2D eigenvalue weighted by Crippen LogP contribution is 2.37. The van der Waals surface area contributed by atoms with Gasteiger partial charge in [-0.25, -0.2) is 0 Å². The third-order valence-electron chi connectivity index (χ3n) is 5.69. The molecule has 0 aromatic rings. The van der Waals surface area contributed by atoms with Crippen LogP contribution in [0.2, 0.25) is 0 Å². The predicted molar refractivity (Wildman–Crippen MR) is 84.0 cm³/mol. The van der Waals surface area contributed by atoms with E-state index in [0.717, 1.165) is 6.42 Å². The van der Waals surface area contributed by atoms with Crippen molar-refractivity contribution in [3.8, 4) is 0 Å². The summed E-state index contributed by atoms with van der Waals surface area (Å²) in [5.74, 6) is 0.630. The van der Waals surface area contributed by atoms with Gasteiger partial charge in [0.25, 0.3) is 0 Å². The zero-order valence-corrected chi connectivity index (χ0v) is 13.6. The Morgan fingerprint density at radius 1 is 1.30 bits per heavy atom. The molecule has 1 aliphatic carbocycles. The van der Waals surface area contributed by atoms with E-state index in [1.165, 1.54) is 51.9 Å². The first-order valence-electron chi connectivity index (χ1n) is 8.33. The Bertz CT molecular complexity index is 293. The summed E-state index contributed by atoms with van der Waals surface area (Å²) >= 11 is 0. The van der Waals surface area contributed by atoms with Crippen molar-refractivity contribution in [3.05, 3.63) is 0 Å². The summed E-state index contributed by atoms with van der Waals surface area (Å²) in [5.41, 5.74) is -0.00806. The second-order valence-corrected chi connectivity index (χ2v) is 6.94. The molecule has 0 aromatic carbocycles. The number of aliphatic hydroxyl groups is 1. The summed E-state index contributed by atoms with van der Waals surface area (Å²) in [7, 11) is 4.24. The Kier molecular flexibility index (Phi) is 5.84.